The Hall–Kier alpha value is 1.79. The predicted octanol–water partition coefficient (Wildman–Crippen LogP) is -0.759. The monoisotopic (exact) mass is 520 g/mol. The van der Waals surface area contributed by atoms with Crippen LogP contribution in [-0.2, 0) is 93.9 Å². The molecule has 0 aliphatic carbocycles. The standard InChI is InChI=1S/4Mo.8O. The molecule has 8 nitrogen and oxygen atoms in total. The molecule has 1 aliphatic rings. The van der Waals surface area contributed by atoms with Gasteiger partial charge in [-0.05, 0) is 0 Å². The Morgan fingerprint density at radius 3 is 2.50 bits per heavy atom. The summed E-state index contributed by atoms with van der Waals surface area (Å²) in [5.74, 6) is 0. The van der Waals surface area contributed by atoms with E-state index in [1.165, 1.54) is 0 Å². The average molecular weight is 512 g/mol. The number of rotatable bonds is 4. The molecule has 1 saturated heterocycles. The molecule has 0 amide bonds. The molecule has 1 heterocycles. The molecule has 0 saturated carbocycles. The van der Waals surface area contributed by atoms with E-state index in [0.717, 1.165) is 0 Å². The van der Waals surface area contributed by atoms with E-state index in [1.807, 2.05) is 0 Å². The van der Waals surface area contributed by atoms with Crippen molar-refractivity contribution in [3.8, 4) is 0 Å². The first-order valence-electron chi connectivity index (χ1n) is 2.00. The van der Waals surface area contributed by atoms with Crippen molar-refractivity contribution in [3.63, 3.8) is 0 Å². The van der Waals surface area contributed by atoms with Gasteiger partial charge in [0.1, 0.15) is 0 Å². The van der Waals surface area contributed by atoms with Crippen LogP contribution in [0.15, 0.2) is 0 Å². The van der Waals surface area contributed by atoms with Gasteiger partial charge in [-0.1, -0.05) is 0 Å². The molecule has 12 heteroatoms. The second kappa shape index (κ2) is 5.04. The second-order valence-corrected chi connectivity index (χ2v) is 14.8. The summed E-state index contributed by atoms with van der Waals surface area (Å²) in [6.07, 6.45) is 0. The van der Waals surface area contributed by atoms with Crippen molar-refractivity contribution in [3.05, 3.63) is 0 Å². The molecule has 1 fully saturated rings. The van der Waals surface area contributed by atoms with Gasteiger partial charge in [0.05, 0.1) is 0 Å². The third-order valence-corrected chi connectivity index (χ3v) is 17.5. The topological polar surface area (TPSA) is 105 Å². The molecule has 0 unspecified atom stereocenters. The van der Waals surface area contributed by atoms with Gasteiger partial charge in [0.2, 0.25) is 0 Å². The molecule has 12 heavy (non-hydrogen) atoms. The van der Waals surface area contributed by atoms with E-state index in [-0.39, 0.29) is 0 Å². The first-order valence-corrected chi connectivity index (χ1v) is 11.8. The summed E-state index contributed by atoms with van der Waals surface area (Å²) in [5, 5.41) is 0. The minimum atomic E-state index is -4.63. The van der Waals surface area contributed by atoms with Crippen LogP contribution in [0.25, 0.3) is 0 Å². The molecule has 1 aliphatic heterocycles. The van der Waals surface area contributed by atoms with Gasteiger partial charge in [-0.2, -0.15) is 0 Å². The van der Waals surface area contributed by atoms with Gasteiger partial charge >= 0.3 is 93.9 Å². The Morgan fingerprint density at radius 1 is 1.50 bits per heavy atom. The van der Waals surface area contributed by atoms with Crippen LogP contribution in [-0.4, -0.2) is 0 Å². The van der Waals surface area contributed by atoms with Crippen LogP contribution in [0.3, 0.4) is 0 Å². The molecule has 0 spiro atoms. The molecule has 0 radical (unpaired) electrons. The van der Waals surface area contributed by atoms with Crippen LogP contribution in [0.5, 0.6) is 0 Å². The molecular formula is Mo4O8. The summed E-state index contributed by atoms with van der Waals surface area (Å²) in [6, 6.07) is 0. The molecule has 0 aromatic rings. The van der Waals surface area contributed by atoms with Crippen molar-refractivity contribution in [2.45, 2.75) is 0 Å². The third kappa shape index (κ3) is 3.51. The van der Waals surface area contributed by atoms with Crippen LogP contribution >= 0.6 is 0 Å². The van der Waals surface area contributed by atoms with E-state index in [9.17, 15) is 13.6 Å². The van der Waals surface area contributed by atoms with E-state index in [0.29, 0.717) is 0 Å². The fraction of sp³-hybridized carbons (Fsp3) is 0. The summed E-state index contributed by atoms with van der Waals surface area (Å²) in [4.78, 5) is 0. The third-order valence-electron chi connectivity index (χ3n) is 0.500. The predicted molar refractivity (Wildman–Crippen MR) is 7.09 cm³/mol. The van der Waals surface area contributed by atoms with E-state index < -0.39 is 72.1 Å². The molecule has 0 atom stereocenters. The maximum atomic E-state index is 10.9. The molecular weight excluding hydrogens is 512 g/mol. The van der Waals surface area contributed by atoms with Crippen LogP contribution < -0.4 is 0 Å². The fourth-order valence-electron chi connectivity index (χ4n) is 0.266. The van der Waals surface area contributed by atoms with Crippen LogP contribution in [0, 0.1) is 0 Å². The Morgan fingerprint density at radius 2 is 2.08 bits per heavy atom. The summed E-state index contributed by atoms with van der Waals surface area (Å²) in [7, 11) is 0. The normalized spacial score (nSPS) is 22.1. The zero-order valence-electron chi connectivity index (χ0n) is 4.90. The molecule has 0 aromatic carbocycles. The van der Waals surface area contributed by atoms with Crippen molar-refractivity contribution >= 4 is 0 Å². The van der Waals surface area contributed by atoms with Gasteiger partial charge in [-0.25, -0.2) is 0 Å². The first-order chi connectivity index (χ1) is 5.56. The van der Waals surface area contributed by atoms with Crippen LogP contribution in [0.2, 0.25) is 0 Å². The summed E-state index contributed by atoms with van der Waals surface area (Å²) >= 11 is -13.6. The van der Waals surface area contributed by atoms with Crippen molar-refractivity contribution in [1.82, 2.24) is 0 Å². The zero-order valence-corrected chi connectivity index (χ0v) is 12.9. The van der Waals surface area contributed by atoms with Crippen molar-refractivity contribution in [2.24, 2.45) is 0 Å². The molecule has 0 bridgehead atoms. The molecule has 72 valence electrons. The Balaban J connectivity index is 2.41. The van der Waals surface area contributed by atoms with Crippen LogP contribution in [0.4, 0.5) is 0 Å². The summed E-state index contributed by atoms with van der Waals surface area (Å²) < 4.78 is 58.4. The quantitative estimate of drug-likeness (QED) is 0.454. The summed E-state index contributed by atoms with van der Waals surface area (Å²) in [5.41, 5.74) is 0. The Labute approximate surface area is 92.6 Å². The first kappa shape index (κ1) is 11.9. The van der Waals surface area contributed by atoms with Gasteiger partial charge < -0.3 is 0 Å². The van der Waals surface area contributed by atoms with Gasteiger partial charge in [-0.15, -0.1) is 0 Å². The SMILES string of the molecule is [O]=[Mo][O][Mo](=[O])[O][Mo]1(=[O])[O][Mo](=[O])[O]1. The van der Waals surface area contributed by atoms with Crippen molar-refractivity contribution in [2.75, 3.05) is 0 Å². The molecule has 1 rings (SSSR count). The van der Waals surface area contributed by atoms with Gasteiger partial charge in [0, 0.05) is 0 Å². The minimum absolute atomic E-state index is 2.03. The van der Waals surface area contributed by atoms with Crippen LogP contribution in [0.1, 0.15) is 0 Å². The van der Waals surface area contributed by atoms with E-state index in [1.54, 1.807) is 0 Å². The number of hydrogen-bond acceptors (Lipinski definition) is 8. The van der Waals surface area contributed by atoms with E-state index in [4.69, 9.17) is 0 Å². The second-order valence-electron chi connectivity index (χ2n) is 1.16. The van der Waals surface area contributed by atoms with Gasteiger partial charge in [0.15, 0.2) is 0 Å². The fourth-order valence-corrected chi connectivity index (χ4v) is 15.2. The summed E-state index contributed by atoms with van der Waals surface area (Å²) in [6.45, 7) is 0. The Bertz CT molecular complexity index is 265. The van der Waals surface area contributed by atoms with E-state index >= 15 is 0 Å². The van der Waals surface area contributed by atoms with E-state index in [2.05, 4.69) is 8.17 Å². The number of hydrogen-bond donors (Lipinski definition) is 0. The van der Waals surface area contributed by atoms with Gasteiger partial charge in [-0.3, -0.25) is 0 Å². The Kier molecular flexibility index (Phi) is 4.98. The van der Waals surface area contributed by atoms with Crippen molar-refractivity contribution < 1.29 is 93.9 Å². The zero-order chi connectivity index (χ0) is 9.19. The average Bonchev–Trinajstić information content (AvgIpc) is 1.83. The molecule has 0 aromatic heterocycles. The maximum absolute atomic E-state index is 10.9. The van der Waals surface area contributed by atoms with Gasteiger partial charge in [0.25, 0.3) is 0 Å². The van der Waals surface area contributed by atoms with Crippen molar-refractivity contribution in [1.29, 1.82) is 0 Å². The molecule has 0 N–H and O–H groups in total.